The Kier molecular flexibility index (Phi) is 6.75. The average Bonchev–Trinajstić information content (AvgIpc) is 2.34. The van der Waals surface area contributed by atoms with Gasteiger partial charge in [0.1, 0.15) is 6.61 Å². The molecule has 0 aromatic heterocycles. The summed E-state index contributed by atoms with van der Waals surface area (Å²) in [5.74, 6) is -0.839. The van der Waals surface area contributed by atoms with Crippen molar-refractivity contribution < 1.29 is 27.8 Å². The molecule has 0 bridgehead atoms. The molecular formula is C13H22F3NO3. The number of carboxylic acids is 1. The Hall–Kier alpha value is -0.820. The Bertz CT molecular complexity index is 310. The van der Waals surface area contributed by atoms with Crippen LogP contribution in [0.1, 0.15) is 45.4 Å². The second-order valence-electron chi connectivity index (χ2n) is 5.41. The summed E-state index contributed by atoms with van der Waals surface area (Å²) in [7, 11) is 0. The van der Waals surface area contributed by atoms with Crippen molar-refractivity contribution in [2.45, 2.75) is 69.8 Å². The molecule has 3 atom stereocenters. The molecule has 0 spiro atoms. The maximum atomic E-state index is 12.1. The van der Waals surface area contributed by atoms with E-state index >= 15 is 0 Å². The van der Waals surface area contributed by atoms with Gasteiger partial charge in [0.25, 0.3) is 0 Å². The SMILES string of the molecule is CC(CCC(=O)O)NC1CCCC(OCC(F)(F)F)C1. The largest absolute Gasteiger partial charge is 0.481 e. The van der Waals surface area contributed by atoms with Gasteiger partial charge in [-0.25, -0.2) is 0 Å². The molecule has 0 radical (unpaired) electrons. The maximum Gasteiger partial charge on any atom is 0.411 e. The minimum Gasteiger partial charge on any atom is -0.481 e. The third-order valence-electron chi connectivity index (χ3n) is 3.42. The molecule has 1 aliphatic carbocycles. The lowest BCUT2D eigenvalue weighted by atomic mass is 9.92. The fraction of sp³-hybridized carbons (Fsp3) is 0.923. The summed E-state index contributed by atoms with van der Waals surface area (Å²) < 4.78 is 41.2. The van der Waals surface area contributed by atoms with Gasteiger partial charge in [-0.05, 0) is 39.0 Å². The van der Waals surface area contributed by atoms with Gasteiger partial charge in [0.05, 0.1) is 6.10 Å². The van der Waals surface area contributed by atoms with Crippen molar-refractivity contribution in [1.82, 2.24) is 5.32 Å². The first-order valence-electron chi connectivity index (χ1n) is 6.92. The summed E-state index contributed by atoms with van der Waals surface area (Å²) in [6.45, 7) is 0.697. The van der Waals surface area contributed by atoms with Crippen LogP contribution in [0, 0.1) is 0 Å². The third-order valence-corrected chi connectivity index (χ3v) is 3.42. The predicted octanol–water partition coefficient (Wildman–Crippen LogP) is 2.72. The highest BCUT2D eigenvalue weighted by Gasteiger charge is 2.31. The highest BCUT2D eigenvalue weighted by Crippen LogP contribution is 2.24. The number of nitrogens with one attached hydrogen (secondary N) is 1. The second kappa shape index (κ2) is 7.83. The zero-order valence-electron chi connectivity index (χ0n) is 11.6. The monoisotopic (exact) mass is 297 g/mol. The molecule has 1 rings (SSSR count). The molecule has 118 valence electrons. The number of hydrogen-bond acceptors (Lipinski definition) is 3. The van der Waals surface area contributed by atoms with Gasteiger partial charge in [-0.1, -0.05) is 0 Å². The number of aliphatic carboxylic acids is 1. The number of halogens is 3. The molecule has 7 heteroatoms. The normalized spacial score (nSPS) is 25.4. The number of hydrogen-bond donors (Lipinski definition) is 2. The fourth-order valence-corrected chi connectivity index (χ4v) is 2.49. The van der Waals surface area contributed by atoms with E-state index < -0.39 is 18.8 Å². The Balaban J connectivity index is 2.28. The fourth-order valence-electron chi connectivity index (χ4n) is 2.49. The predicted molar refractivity (Wildman–Crippen MR) is 67.5 cm³/mol. The molecule has 0 aromatic rings. The minimum absolute atomic E-state index is 0.0393. The summed E-state index contributed by atoms with van der Waals surface area (Å²) in [5.41, 5.74) is 0. The molecular weight excluding hydrogens is 275 g/mol. The van der Waals surface area contributed by atoms with Gasteiger partial charge in [-0.2, -0.15) is 13.2 Å². The molecule has 2 N–H and O–H groups in total. The molecule has 0 amide bonds. The quantitative estimate of drug-likeness (QED) is 0.758. The standard InChI is InChI=1S/C13H22F3NO3/c1-9(5-6-12(18)19)17-10-3-2-4-11(7-10)20-8-13(14,15)16/h9-11,17H,2-8H2,1H3,(H,18,19). The van der Waals surface area contributed by atoms with Crippen molar-refractivity contribution in [3.63, 3.8) is 0 Å². The van der Waals surface area contributed by atoms with Crippen LogP contribution in [-0.2, 0) is 9.53 Å². The van der Waals surface area contributed by atoms with E-state index in [0.717, 1.165) is 12.8 Å². The number of rotatable bonds is 7. The molecule has 0 aliphatic heterocycles. The van der Waals surface area contributed by atoms with Crippen LogP contribution in [0.3, 0.4) is 0 Å². The van der Waals surface area contributed by atoms with Gasteiger partial charge in [-0.3, -0.25) is 4.79 Å². The summed E-state index contributed by atoms with van der Waals surface area (Å²) in [6.07, 6.45) is -1.13. The molecule has 1 fully saturated rings. The van der Waals surface area contributed by atoms with Crippen LogP contribution in [0.5, 0.6) is 0 Å². The lowest BCUT2D eigenvalue weighted by Crippen LogP contribution is -2.42. The van der Waals surface area contributed by atoms with Crippen molar-refractivity contribution in [3.05, 3.63) is 0 Å². The molecule has 1 saturated carbocycles. The summed E-state index contributed by atoms with van der Waals surface area (Å²) in [4.78, 5) is 10.5. The maximum absolute atomic E-state index is 12.1. The zero-order chi connectivity index (χ0) is 15.2. The van der Waals surface area contributed by atoms with Crippen LogP contribution in [0.15, 0.2) is 0 Å². The van der Waals surface area contributed by atoms with E-state index in [-0.39, 0.29) is 24.6 Å². The third kappa shape index (κ3) is 7.69. The number of alkyl halides is 3. The van der Waals surface area contributed by atoms with Crippen LogP contribution in [0.2, 0.25) is 0 Å². The Morgan fingerprint density at radius 2 is 2.15 bits per heavy atom. The summed E-state index contributed by atoms with van der Waals surface area (Å²) >= 11 is 0. The van der Waals surface area contributed by atoms with Crippen molar-refractivity contribution in [3.8, 4) is 0 Å². The Morgan fingerprint density at radius 1 is 1.45 bits per heavy atom. The molecule has 20 heavy (non-hydrogen) atoms. The number of ether oxygens (including phenoxy) is 1. The van der Waals surface area contributed by atoms with E-state index in [1.807, 2.05) is 6.92 Å². The van der Waals surface area contributed by atoms with E-state index in [2.05, 4.69) is 5.32 Å². The molecule has 0 heterocycles. The first-order valence-corrected chi connectivity index (χ1v) is 6.92. The van der Waals surface area contributed by atoms with Gasteiger partial charge in [0, 0.05) is 18.5 Å². The molecule has 0 saturated heterocycles. The van der Waals surface area contributed by atoms with E-state index in [4.69, 9.17) is 9.84 Å². The second-order valence-corrected chi connectivity index (χ2v) is 5.41. The van der Waals surface area contributed by atoms with Crippen molar-refractivity contribution >= 4 is 5.97 Å². The van der Waals surface area contributed by atoms with Gasteiger partial charge in [-0.15, -0.1) is 0 Å². The van der Waals surface area contributed by atoms with Crippen LogP contribution < -0.4 is 5.32 Å². The molecule has 1 aliphatic rings. The average molecular weight is 297 g/mol. The van der Waals surface area contributed by atoms with Crippen LogP contribution in [0.4, 0.5) is 13.2 Å². The molecule has 0 aromatic carbocycles. The van der Waals surface area contributed by atoms with E-state index in [0.29, 0.717) is 19.3 Å². The number of carbonyl (C=O) groups is 1. The Morgan fingerprint density at radius 3 is 2.75 bits per heavy atom. The van der Waals surface area contributed by atoms with Gasteiger partial charge in [0.15, 0.2) is 0 Å². The van der Waals surface area contributed by atoms with E-state index in [1.165, 1.54) is 0 Å². The number of carboxylic acid groups (broad SMARTS) is 1. The highest BCUT2D eigenvalue weighted by molar-refractivity contribution is 5.66. The van der Waals surface area contributed by atoms with Crippen LogP contribution >= 0.6 is 0 Å². The van der Waals surface area contributed by atoms with Gasteiger partial charge in [0.2, 0.25) is 0 Å². The lowest BCUT2D eigenvalue weighted by molar-refractivity contribution is -0.188. The topological polar surface area (TPSA) is 58.6 Å². The lowest BCUT2D eigenvalue weighted by Gasteiger charge is -2.32. The van der Waals surface area contributed by atoms with Crippen molar-refractivity contribution in [2.24, 2.45) is 0 Å². The first-order chi connectivity index (χ1) is 9.26. The molecule has 3 unspecified atom stereocenters. The van der Waals surface area contributed by atoms with Gasteiger partial charge < -0.3 is 15.2 Å². The minimum atomic E-state index is -4.28. The van der Waals surface area contributed by atoms with Crippen molar-refractivity contribution in [1.29, 1.82) is 0 Å². The highest BCUT2D eigenvalue weighted by atomic mass is 19.4. The zero-order valence-corrected chi connectivity index (χ0v) is 11.6. The smallest absolute Gasteiger partial charge is 0.411 e. The molecule has 4 nitrogen and oxygen atoms in total. The van der Waals surface area contributed by atoms with E-state index in [1.54, 1.807) is 0 Å². The summed E-state index contributed by atoms with van der Waals surface area (Å²) in [5, 5.41) is 11.9. The van der Waals surface area contributed by atoms with Crippen LogP contribution in [-0.4, -0.2) is 42.0 Å². The van der Waals surface area contributed by atoms with Gasteiger partial charge >= 0.3 is 12.1 Å². The van der Waals surface area contributed by atoms with Crippen LogP contribution in [0.25, 0.3) is 0 Å². The summed E-state index contributed by atoms with van der Waals surface area (Å²) in [6, 6.07) is 0.142. The van der Waals surface area contributed by atoms with Crippen molar-refractivity contribution in [2.75, 3.05) is 6.61 Å². The first kappa shape index (κ1) is 17.2. The Labute approximate surface area is 116 Å². The van der Waals surface area contributed by atoms with E-state index in [9.17, 15) is 18.0 Å².